The van der Waals surface area contributed by atoms with Crippen molar-refractivity contribution < 1.29 is 14.4 Å². The van der Waals surface area contributed by atoms with Crippen LogP contribution in [-0.2, 0) is 20.8 Å². The van der Waals surface area contributed by atoms with Gasteiger partial charge in [-0.15, -0.1) is 0 Å². The molecule has 3 rings (SSSR count). The molecule has 0 spiro atoms. The highest BCUT2D eigenvalue weighted by molar-refractivity contribution is 5.97. The van der Waals surface area contributed by atoms with Crippen LogP contribution in [0.3, 0.4) is 0 Å². The lowest BCUT2D eigenvalue weighted by Gasteiger charge is -2.32. The molecule has 170 valence electrons. The molecular weight excluding hydrogens is 404 g/mol. The molecule has 4 N–H and O–H groups in total. The number of piperidine rings is 1. The molecule has 1 heterocycles. The summed E-state index contributed by atoms with van der Waals surface area (Å²) in [5.74, 6) is -0.652. The second-order valence-corrected chi connectivity index (χ2v) is 8.27. The number of carbonyl (C=O) groups excluding carboxylic acids is 3. The molecule has 2 aromatic rings. The molecule has 0 saturated carbocycles. The largest absolute Gasteiger partial charge is 0.371 e. The summed E-state index contributed by atoms with van der Waals surface area (Å²) in [5.41, 5.74) is 8.05. The van der Waals surface area contributed by atoms with Gasteiger partial charge in [-0.3, -0.25) is 14.4 Å². The lowest BCUT2D eigenvalue weighted by atomic mass is 9.96. The molecule has 32 heavy (non-hydrogen) atoms. The fourth-order valence-corrected chi connectivity index (χ4v) is 3.99. The van der Waals surface area contributed by atoms with E-state index in [1.807, 2.05) is 61.5 Å². The van der Waals surface area contributed by atoms with Crippen molar-refractivity contribution in [3.63, 3.8) is 0 Å². The van der Waals surface area contributed by atoms with Crippen LogP contribution in [0.5, 0.6) is 0 Å². The van der Waals surface area contributed by atoms with E-state index in [0.717, 1.165) is 43.6 Å². The minimum atomic E-state index is -0.580. The minimum Gasteiger partial charge on any atom is -0.371 e. The van der Waals surface area contributed by atoms with Gasteiger partial charge < -0.3 is 21.3 Å². The lowest BCUT2D eigenvalue weighted by molar-refractivity contribution is -0.126. The van der Waals surface area contributed by atoms with E-state index in [4.69, 9.17) is 5.73 Å². The number of nitrogens with one attached hydrogen (secondary N) is 2. The summed E-state index contributed by atoms with van der Waals surface area (Å²) in [4.78, 5) is 38.8. The summed E-state index contributed by atoms with van der Waals surface area (Å²) in [6.07, 6.45) is 3.11. The Morgan fingerprint density at radius 3 is 2.28 bits per heavy atom. The number of benzene rings is 2. The average molecular weight is 437 g/mol. The van der Waals surface area contributed by atoms with Crippen LogP contribution in [0.1, 0.15) is 38.2 Å². The van der Waals surface area contributed by atoms with Crippen molar-refractivity contribution in [2.45, 2.75) is 45.1 Å². The third kappa shape index (κ3) is 6.57. The zero-order valence-corrected chi connectivity index (χ0v) is 18.5. The van der Waals surface area contributed by atoms with Gasteiger partial charge in [0, 0.05) is 30.4 Å². The predicted octanol–water partition coefficient (Wildman–Crippen LogP) is 2.85. The van der Waals surface area contributed by atoms with Gasteiger partial charge in [-0.25, -0.2) is 0 Å². The van der Waals surface area contributed by atoms with Crippen LogP contribution in [0.25, 0.3) is 0 Å². The Balaban J connectivity index is 1.54. The third-order valence-electron chi connectivity index (χ3n) is 5.83. The summed E-state index contributed by atoms with van der Waals surface area (Å²) in [5, 5.41) is 5.78. The molecule has 1 saturated heterocycles. The first-order chi connectivity index (χ1) is 15.5. The maximum atomic E-state index is 12.8. The van der Waals surface area contributed by atoms with Crippen LogP contribution in [0.15, 0.2) is 54.6 Å². The predicted molar refractivity (Wildman–Crippen MR) is 126 cm³/mol. The molecular formula is C25H32N4O3. The quantitative estimate of drug-likeness (QED) is 0.562. The van der Waals surface area contributed by atoms with Gasteiger partial charge in [0.25, 0.3) is 0 Å². The number of hydrogen-bond donors (Lipinski definition) is 3. The normalized spacial score (nSPS) is 15.1. The van der Waals surface area contributed by atoms with Gasteiger partial charge in [0.2, 0.25) is 17.7 Å². The van der Waals surface area contributed by atoms with Crippen molar-refractivity contribution in [1.82, 2.24) is 5.32 Å². The number of rotatable bonds is 9. The first-order valence-electron chi connectivity index (χ1n) is 11.2. The number of nitrogens with zero attached hydrogens (tertiary/aromatic N) is 1. The molecule has 0 aliphatic carbocycles. The van der Waals surface area contributed by atoms with Crippen LogP contribution in [0, 0.1) is 5.92 Å². The third-order valence-corrected chi connectivity index (χ3v) is 5.83. The van der Waals surface area contributed by atoms with E-state index in [-0.39, 0.29) is 30.1 Å². The average Bonchev–Trinajstić information content (AvgIpc) is 2.80. The Bertz CT molecular complexity index is 907. The van der Waals surface area contributed by atoms with Crippen LogP contribution in [0.2, 0.25) is 0 Å². The van der Waals surface area contributed by atoms with Crippen LogP contribution < -0.4 is 21.3 Å². The molecule has 7 nitrogen and oxygen atoms in total. The summed E-state index contributed by atoms with van der Waals surface area (Å²) < 4.78 is 0. The fraction of sp³-hybridized carbons (Fsp3) is 0.400. The topological polar surface area (TPSA) is 105 Å². The minimum absolute atomic E-state index is 0.0441. The number of primary amides is 1. The zero-order valence-electron chi connectivity index (χ0n) is 18.5. The smallest absolute Gasteiger partial charge is 0.246 e. The zero-order chi connectivity index (χ0) is 22.9. The lowest BCUT2D eigenvalue weighted by Crippen LogP contribution is -2.44. The molecule has 3 amide bonds. The van der Waals surface area contributed by atoms with E-state index < -0.39 is 6.04 Å². The number of hydrogen-bond acceptors (Lipinski definition) is 4. The van der Waals surface area contributed by atoms with Crippen molar-refractivity contribution in [3.05, 3.63) is 60.2 Å². The number of carbonyl (C=O) groups is 3. The van der Waals surface area contributed by atoms with Crippen LogP contribution in [-0.4, -0.2) is 36.9 Å². The summed E-state index contributed by atoms with van der Waals surface area (Å²) in [7, 11) is 0. The molecule has 1 unspecified atom stereocenters. The standard InChI is InChI=1S/C25H32N4O3/c1-2-6-22(28-23(30)17-18-7-4-3-5-8-18)25(32)27-20-9-11-21(12-10-20)29-15-13-19(14-16-29)24(26)31/h3-5,7-12,19,22H,2,6,13-17H2,1H3,(H2,26,31)(H,27,32)(H,28,30). The van der Waals surface area contributed by atoms with Gasteiger partial charge in [-0.2, -0.15) is 0 Å². The Kier molecular flexibility index (Phi) is 8.25. The van der Waals surface area contributed by atoms with Crippen molar-refractivity contribution in [1.29, 1.82) is 0 Å². The maximum absolute atomic E-state index is 12.8. The number of amides is 3. The molecule has 1 aliphatic rings. The van der Waals surface area contributed by atoms with Crippen molar-refractivity contribution in [2.24, 2.45) is 11.7 Å². The van der Waals surface area contributed by atoms with E-state index in [0.29, 0.717) is 12.1 Å². The van der Waals surface area contributed by atoms with Crippen molar-refractivity contribution in [2.75, 3.05) is 23.3 Å². The van der Waals surface area contributed by atoms with Crippen molar-refractivity contribution in [3.8, 4) is 0 Å². The van der Waals surface area contributed by atoms with Gasteiger partial charge >= 0.3 is 0 Å². The Hall–Kier alpha value is -3.35. The molecule has 2 aromatic carbocycles. The van der Waals surface area contributed by atoms with Crippen LogP contribution >= 0.6 is 0 Å². The number of nitrogens with two attached hydrogens (primary N) is 1. The van der Waals surface area contributed by atoms with Gasteiger partial charge in [0.15, 0.2) is 0 Å². The van der Waals surface area contributed by atoms with E-state index >= 15 is 0 Å². The molecule has 1 aliphatic heterocycles. The Labute approximate surface area is 189 Å². The van der Waals surface area contributed by atoms with E-state index in [9.17, 15) is 14.4 Å². The second kappa shape index (κ2) is 11.3. The summed E-state index contributed by atoms with van der Waals surface area (Å²) >= 11 is 0. The summed E-state index contributed by atoms with van der Waals surface area (Å²) in [6, 6.07) is 16.5. The molecule has 0 bridgehead atoms. The van der Waals surface area contributed by atoms with Crippen LogP contribution in [0.4, 0.5) is 11.4 Å². The Morgan fingerprint density at radius 2 is 1.69 bits per heavy atom. The van der Waals surface area contributed by atoms with E-state index in [2.05, 4.69) is 15.5 Å². The highest BCUT2D eigenvalue weighted by atomic mass is 16.2. The Morgan fingerprint density at radius 1 is 1.03 bits per heavy atom. The molecule has 7 heteroatoms. The molecule has 0 radical (unpaired) electrons. The van der Waals surface area contributed by atoms with E-state index in [1.165, 1.54) is 0 Å². The monoisotopic (exact) mass is 436 g/mol. The SMILES string of the molecule is CCCC(NC(=O)Cc1ccccc1)C(=O)Nc1ccc(N2CCC(C(N)=O)CC2)cc1. The second-order valence-electron chi connectivity index (χ2n) is 8.27. The molecule has 1 fully saturated rings. The van der Waals surface area contributed by atoms with E-state index in [1.54, 1.807) is 0 Å². The van der Waals surface area contributed by atoms with Gasteiger partial charge in [-0.05, 0) is 49.1 Å². The summed E-state index contributed by atoms with van der Waals surface area (Å²) in [6.45, 7) is 3.55. The van der Waals surface area contributed by atoms with Crippen molar-refractivity contribution >= 4 is 29.1 Å². The van der Waals surface area contributed by atoms with Gasteiger partial charge in [0.1, 0.15) is 6.04 Å². The van der Waals surface area contributed by atoms with Gasteiger partial charge in [0.05, 0.1) is 6.42 Å². The first-order valence-corrected chi connectivity index (χ1v) is 11.2. The first kappa shape index (κ1) is 23.3. The maximum Gasteiger partial charge on any atom is 0.246 e. The van der Waals surface area contributed by atoms with Gasteiger partial charge in [-0.1, -0.05) is 43.7 Å². The number of anilines is 2. The molecule has 0 aromatic heterocycles. The highest BCUT2D eigenvalue weighted by Crippen LogP contribution is 2.24. The molecule has 1 atom stereocenters. The highest BCUT2D eigenvalue weighted by Gasteiger charge is 2.23. The fourth-order valence-electron chi connectivity index (χ4n) is 3.99.